The fourth-order valence-electron chi connectivity index (χ4n) is 6.14. The van der Waals surface area contributed by atoms with E-state index in [1.54, 1.807) is 0 Å². The summed E-state index contributed by atoms with van der Waals surface area (Å²) < 4.78 is 11.0. The number of carbonyl (C=O) groups excluding carboxylic acids is 2. The topological polar surface area (TPSA) is 91.7 Å². The van der Waals surface area contributed by atoms with Gasteiger partial charge in [0.2, 0.25) is 0 Å². The third-order valence-electron chi connectivity index (χ3n) is 7.98. The molecule has 5 atom stereocenters. The molecule has 1 aromatic rings. The summed E-state index contributed by atoms with van der Waals surface area (Å²) in [7, 11) is 1.48. The summed E-state index contributed by atoms with van der Waals surface area (Å²) in [4.78, 5) is 28.0. The number of benzene rings is 1. The van der Waals surface area contributed by atoms with Crippen LogP contribution in [0.4, 0.5) is 0 Å². The molecular formula is C26H35N3O4. The van der Waals surface area contributed by atoms with Crippen molar-refractivity contribution in [2.75, 3.05) is 26.8 Å². The molecule has 3 aliphatic rings. The van der Waals surface area contributed by atoms with Crippen LogP contribution in [0.1, 0.15) is 56.6 Å². The van der Waals surface area contributed by atoms with E-state index in [1.165, 1.54) is 7.11 Å². The maximum Gasteiger partial charge on any atom is 0.311 e. The SMILES string of the molecule is CC[C@@]1(C(=O)OC)CC2CCC(NC(=O)[C@H]3CN(Cc4ccc(C#N)cc4)CCO3)C(C2)C1. The molecule has 2 aliphatic carbocycles. The van der Waals surface area contributed by atoms with Gasteiger partial charge in [0, 0.05) is 25.7 Å². The summed E-state index contributed by atoms with van der Waals surface area (Å²) in [5.74, 6) is 0.693. The van der Waals surface area contributed by atoms with E-state index in [1.807, 2.05) is 24.3 Å². The summed E-state index contributed by atoms with van der Waals surface area (Å²) in [6.07, 6.45) is 5.05. The van der Waals surface area contributed by atoms with Crippen LogP contribution < -0.4 is 5.32 Å². The highest BCUT2D eigenvalue weighted by Crippen LogP contribution is 2.51. The number of hydrogen-bond donors (Lipinski definition) is 1. The van der Waals surface area contributed by atoms with Gasteiger partial charge in [-0.25, -0.2) is 0 Å². The number of amides is 1. The maximum atomic E-state index is 13.1. The second-order valence-electron chi connectivity index (χ2n) is 9.99. The van der Waals surface area contributed by atoms with Gasteiger partial charge in [-0.15, -0.1) is 0 Å². The summed E-state index contributed by atoms with van der Waals surface area (Å²) in [5, 5.41) is 12.3. The van der Waals surface area contributed by atoms with E-state index in [9.17, 15) is 9.59 Å². The molecule has 33 heavy (non-hydrogen) atoms. The molecule has 1 aromatic carbocycles. The van der Waals surface area contributed by atoms with E-state index >= 15 is 0 Å². The average molecular weight is 454 g/mol. The normalized spacial score (nSPS) is 31.9. The number of morpholine rings is 1. The van der Waals surface area contributed by atoms with E-state index in [4.69, 9.17) is 14.7 Å². The van der Waals surface area contributed by atoms with Crippen molar-refractivity contribution in [2.45, 2.75) is 64.1 Å². The van der Waals surface area contributed by atoms with Crippen LogP contribution in [0.5, 0.6) is 0 Å². The quantitative estimate of drug-likeness (QED) is 0.666. The number of nitrogens with zero attached hydrogens (tertiary/aromatic N) is 2. The second kappa shape index (κ2) is 10.2. The van der Waals surface area contributed by atoms with E-state index in [0.717, 1.165) is 57.2 Å². The zero-order chi connectivity index (χ0) is 23.4. The van der Waals surface area contributed by atoms with Gasteiger partial charge in [0.15, 0.2) is 0 Å². The van der Waals surface area contributed by atoms with E-state index < -0.39 is 11.5 Å². The van der Waals surface area contributed by atoms with Crippen LogP contribution in [-0.4, -0.2) is 55.7 Å². The number of carbonyl (C=O) groups is 2. The number of ether oxygens (including phenoxy) is 2. The molecule has 178 valence electrons. The highest BCUT2D eigenvalue weighted by Gasteiger charge is 2.49. The van der Waals surface area contributed by atoms with Crippen LogP contribution in [0.15, 0.2) is 24.3 Å². The summed E-state index contributed by atoms with van der Waals surface area (Å²) in [5.41, 5.74) is 1.36. The van der Waals surface area contributed by atoms with E-state index in [-0.39, 0.29) is 17.9 Å². The summed E-state index contributed by atoms with van der Waals surface area (Å²) in [6, 6.07) is 9.80. The van der Waals surface area contributed by atoms with Crippen LogP contribution in [0, 0.1) is 28.6 Å². The number of esters is 1. The highest BCUT2D eigenvalue weighted by atomic mass is 16.5. The number of methoxy groups -OCH3 is 1. The number of nitriles is 1. The van der Waals surface area contributed by atoms with Crippen LogP contribution in [0.3, 0.4) is 0 Å². The molecule has 2 bridgehead atoms. The Kier molecular flexibility index (Phi) is 7.35. The first-order chi connectivity index (χ1) is 16.0. The molecule has 0 aromatic heterocycles. The van der Waals surface area contributed by atoms with Crippen molar-refractivity contribution in [2.24, 2.45) is 17.3 Å². The van der Waals surface area contributed by atoms with Crippen LogP contribution >= 0.6 is 0 Å². The van der Waals surface area contributed by atoms with Gasteiger partial charge >= 0.3 is 5.97 Å². The summed E-state index contributed by atoms with van der Waals surface area (Å²) in [6.45, 7) is 4.64. The molecule has 1 heterocycles. The Morgan fingerprint density at radius 2 is 2.06 bits per heavy atom. The minimum atomic E-state index is -0.491. The first-order valence-corrected chi connectivity index (χ1v) is 12.2. The fourth-order valence-corrected chi connectivity index (χ4v) is 6.14. The van der Waals surface area contributed by atoms with Gasteiger partial charge in [0.25, 0.3) is 5.91 Å². The second-order valence-corrected chi connectivity index (χ2v) is 9.99. The lowest BCUT2D eigenvalue weighted by Crippen LogP contribution is -2.55. The first kappa shape index (κ1) is 23.7. The Hall–Kier alpha value is -2.43. The Morgan fingerprint density at radius 1 is 1.27 bits per heavy atom. The Morgan fingerprint density at radius 3 is 2.76 bits per heavy atom. The van der Waals surface area contributed by atoms with Crippen molar-refractivity contribution in [3.63, 3.8) is 0 Å². The number of nitrogens with one attached hydrogen (secondary N) is 1. The zero-order valence-electron chi connectivity index (χ0n) is 19.7. The molecule has 1 aliphatic heterocycles. The first-order valence-electron chi connectivity index (χ1n) is 12.2. The van der Waals surface area contributed by atoms with Crippen molar-refractivity contribution in [3.05, 3.63) is 35.4 Å². The predicted octanol–water partition coefficient (Wildman–Crippen LogP) is 3.02. The van der Waals surface area contributed by atoms with Gasteiger partial charge in [-0.3, -0.25) is 14.5 Å². The lowest BCUT2D eigenvalue weighted by molar-refractivity contribution is -0.159. The predicted molar refractivity (Wildman–Crippen MR) is 123 cm³/mol. The molecule has 0 radical (unpaired) electrons. The molecule has 3 fully saturated rings. The molecule has 4 rings (SSSR count). The Balaban J connectivity index is 1.35. The molecule has 1 saturated heterocycles. The molecule has 0 spiro atoms. The van der Waals surface area contributed by atoms with Crippen LogP contribution in [0.25, 0.3) is 0 Å². The van der Waals surface area contributed by atoms with Crippen molar-refractivity contribution in [1.29, 1.82) is 5.26 Å². The third-order valence-corrected chi connectivity index (χ3v) is 7.98. The standard InChI is InChI=1S/C26H35N3O4/c1-3-26(25(31)32-2)13-20-8-9-22(21(12-20)14-26)28-24(30)23-17-29(10-11-33-23)16-19-6-4-18(15-27)5-7-19/h4-7,20-23H,3,8-14,16-17H2,1-2H3,(H,28,30)/t20?,21?,22?,23-,26-/m1/s1. The largest absolute Gasteiger partial charge is 0.469 e. The summed E-state index contributed by atoms with van der Waals surface area (Å²) >= 11 is 0. The number of hydrogen-bond acceptors (Lipinski definition) is 6. The monoisotopic (exact) mass is 453 g/mol. The Labute approximate surface area is 196 Å². The molecule has 1 N–H and O–H groups in total. The van der Waals surface area contributed by atoms with E-state index in [0.29, 0.717) is 30.6 Å². The minimum Gasteiger partial charge on any atom is -0.469 e. The third kappa shape index (κ3) is 5.23. The zero-order valence-corrected chi connectivity index (χ0v) is 19.7. The highest BCUT2D eigenvalue weighted by molar-refractivity contribution is 5.81. The minimum absolute atomic E-state index is 0.0475. The molecule has 7 nitrogen and oxygen atoms in total. The van der Waals surface area contributed by atoms with Gasteiger partial charge in [-0.1, -0.05) is 19.1 Å². The Bertz CT molecular complexity index is 896. The van der Waals surface area contributed by atoms with Crippen LogP contribution in [0.2, 0.25) is 0 Å². The maximum absolute atomic E-state index is 13.1. The van der Waals surface area contributed by atoms with Crippen molar-refractivity contribution in [1.82, 2.24) is 10.2 Å². The van der Waals surface area contributed by atoms with Crippen molar-refractivity contribution >= 4 is 11.9 Å². The molecular weight excluding hydrogens is 418 g/mol. The van der Waals surface area contributed by atoms with Gasteiger partial charge in [0.05, 0.1) is 30.8 Å². The molecule has 3 unspecified atom stereocenters. The van der Waals surface area contributed by atoms with Crippen molar-refractivity contribution < 1.29 is 19.1 Å². The number of fused-ring (bicyclic) bond motifs is 2. The van der Waals surface area contributed by atoms with Gasteiger partial charge in [-0.2, -0.15) is 5.26 Å². The number of rotatable bonds is 6. The molecule has 1 amide bonds. The lowest BCUT2D eigenvalue weighted by Gasteiger charge is -2.48. The van der Waals surface area contributed by atoms with Gasteiger partial charge in [0.1, 0.15) is 6.10 Å². The lowest BCUT2D eigenvalue weighted by atomic mass is 9.58. The van der Waals surface area contributed by atoms with Gasteiger partial charge < -0.3 is 14.8 Å². The fraction of sp³-hybridized carbons (Fsp3) is 0.654. The molecule has 7 heteroatoms. The van der Waals surface area contributed by atoms with E-state index in [2.05, 4.69) is 23.2 Å². The smallest absolute Gasteiger partial charge is 0.311 e. The molecule has 2 saturated carbocycles. The average Bonchev–Trinajstić information content (AvgIpc) is 2.85. The van der Waals surface area contributed by atoms with Gasteiger partial charge in [-0.05, 0) is 68.1 Å². The van der Waals surface area contributed by atoms with Crippen molar-refractivity contribution in [3.8, 4) is 6.07 Å². The van der Waals surface area contributed by atoms with Crippen LogP contribution in [-0.2, 0) is 25.6 Å².